The number of nitrogen functional groups attached to an aromatic ring is 1. The number of hydrogen-bond donors (Lipinski definition) is 3. The van der Waals surface area contributed by atoms with Gasteiger partial charge in [0.1, 0.15) is 6.04 Å². The van der Waals surface area contributed by atoms with Crippen molar-refractivity contribution in [1.29, 1.82) is 0 Å². The van der Waals surface area contributed by atoms with Gasteiger partial charge in [-0.05, 0) is 24.6 Å². The average molecular weight is 249 g/mol. The first-order valence-corrected chi connectivity index (χ1v) is 5.58. The predicted molar refractivity (Wildman–Crippen MR) is 68.3 cm³/mol. The summed E-state index contributed by atoms with van der Waals surface area (Å²) in [5, 5.41) is 5.69. The minimum absolute atomic E-state index is 0.0532. The molecule has 0 saturated heterocycles. The molecule has 96 valence electrons. The van der Waals surface area contributed by atoms with Crippen molar-refractivity contribution in [3.8, 4) is 0 Å². The second kappa shape index (κ2) is 4.56. The number of nitrogens with two attached hydrogens (primary N) is 1. The summed E-state index contributed by atoms with van der Waals surface area (Å²) in [5.41, 5.74) is 8.58. The van der Waals surface area contributed by atoms with Crippen LogP contribution in [-0.4, -0.2) is 25.0 Å². The zero-order valence-corrected chi connectivity index (χ0v) is 10.2. The van der Waals surface area contributed by atoms with Gasteiger partial charge >= 0.3 is 5.97 Å². The van der Waals surface area contributed by atoms with Crippen molar-refractivity contribution in [2.75, 3.05) is 23.5 Å². The van der Waals surface area contributed by atoms with E-state index in [4.69, 9.17) is 5.73 Å². The van der Waals surface area contributed by atoms with Crippen LogP contribution in [0.1, 0.15) is 12.5 Å². The maximum Gasteiger partial charge on any atom is 0.327 e. The van der Waals surface area contributed by atoms with Crippen LogP contribution in [0.15, 0.2) is 12.1 Å². The van der Waals surface area contributed by atoms with Gasteiger partial charge in [-0.2, -0.15) is 0 Å². The molecule has 0 radical (unpaired) electrons. The van der Waals surface area contributed by atoms with Crippen LogP contribution in [0.4, 0.5) is 17.1 Å². The Morgan fingerprint density at radius 1 is 1.56 bits per heavy atom. The van der Waals surface area contributed by atoms with Crippen molar-refractivity contribution < 1.29 is 14.3 Å². The van der Waals surface area contributed by atoms with E-state index in [-0.39, 0.29) is 11.9 Å². The number of nitrogens with one attached hydrogen (secondary N) is 2. The number of carbonyl (C=O) groups is 2. The summed E-state index contributed by atoms with van der Waals surface area (Å²) < 4.78 is 4.62. The Balaban J connectivity index is 2.22. The van der Waals surface area contributed by atoms with Crippen LogP contribution in [0.2, 0.25) is 0 Å². The summed E-state index contributed by atoms with van der Waals surface area (Å²) in [4.78, 5) is 22.6. The molecule has 1 unspecified atom stereocenters. The van der Waals surface area contributed by atoms with Gasteiger partial charge in [0, 0.05) is 5.69 Å². The van der Waals surface area contributed by atoms with Crippen molar-refractivity contribution >= 4 is 28.9 Å². The summed E-state index contributed by atoms with van der Waals surface area (Å²) in [6.45, 7) is 1.68. The van der Waals surface area contributed by atoms with E-state index in [1.807, 2.05) is 0 Å². The number of esters is 1. The second-order valence-electron chi connectivity index (χ2n) is 4.21. The molecular formula is C12H15N3O3. The zero-order valence-electron chi connectivity index (χ0n) is 10.2. The third-order valence-electron chi connectivity index (χ3n) is 2.83. The lowest BCUT2D eigenvalue weighted by Crippen LogP contribution is -2.27. The smallest absolute Gasteiger partial charge is 0.327 e. The van der Waals surface area contributed by atoms with E-state index in [2.05, 4.69) is 15.4 Å². The Morgan fingerprint density at radius 3 is 2.94 bits per heavy atom. The first-order valence-electron chi connectivity index (χ1n) is 5.58. The highest BCUT2D eigenvalue weighted by Gasteiger charge is 2.21. The largest absolute Gasteiger partial charge is 0.467 e. The fourth-order valence-corrected chi connectivity index (χ4v) is 1.89. The average Bonchev–Trinajstić information content (AvgIpc) is 2.67. The van der Waals surface area contributed by atoms with E-state index in [0.717, 1.165) is 11.3 Å². The van der Waals surface area contributed by atoms with Crippen LogP contribution in [-0.2, 0) is 20.7 Å². The highest BCUT2D eigenvalue weighted by Crippen LogP contribution is 2.31. The van der Waals surface area contributed by atoms with Gasteiger partial charge in [-0.15, -0.1) is 0 Å². The van der Waals surface area contributed by atoms with Gasteiger partial charge < -0.3 is 21.1 Å². The lowest BCUT2D eigenvalue weighted by molar-refractivity contribution is -0.141. The van der Waals surface area contributed by atoms with Crippen LogP contribution >= 0.6 is 0 Å². The highest BCUT2D eigenvalue weighted by atomic mass is 16.5. The number of rotatable bonds is 3. The Bertz CT molecular complexity index is 514. The first-order chi connectivity index (χ1) is 8.51. The molecule has 6 heteroatoms. The molecular weight excluding hydrogens is 234 g/mol. The van der Waals surface area contributed by atoms with Crippen molar-refractivity contribution in [3.63, 3.8) is 0 Å². The first kappa shape index (κ1) is 12.2. The molecule has 1 aromatic rings. The van der Waals surface area contributed by atoms with E-state index in [0.29, 0.717) is 17.8 Å². The summed E-state index contributed by atoms with van der Waals surface area (Å²) >= 11 is 0. The molecule has 0 aromatic heterocycles. The number of hydrogen-bond acceptors (Lipinski definition) is 5. The lowest BCUT2D eigenvalue weighted by atomic mass is 10.1. The second-order valence-corrected chi connectivity index (χ2v) is 4.21. The Hall–Kier alpha value is -2.24. The van der Waals surface area contributed by atoms with Crippen LogP contribution in [0.25, 0.3) is 0 Å². The zero-order chi connectivity index (χ0) is 13.3. The van der Waals surface area contributed by atoms with Crippen molar-refractivity contribution in [1.82, 2.24) is 0 Å². The Labute approximate surface area is 104 Å². The molecule has 0 spiro atoms. The van der Waals surface area contributed by atoms with Gasteiger partial charge in [0.25, 0.3) is 0 Å². The molecule has 1 aliphatic rings. The fourth-order valence-electron chi connectivity index (χ4n) is 1.89. The molecule has 0 aliphatic carbocycles. The summed E-state index contributed by atoms with van der Waals surface area (Å²) in [6.07, 6.45) is 0.340. The van der Waals surface area contributed by atoms with Gasteiger partial charge in [0.05, 0.1) is 24.9 Å². The SMILES string of the molecule is COC(=O)C(C)Nc1cc2c(cc1N)CC(=O)N2. The van der Waals surface area contributed by atoms with Gasteiger partial charge in [-0.3, -0.25) is 4.79 Å². The molecule has 2 rings (SSSR count). The van der Waals surface area contributed by atoms with Gasteiger partial charge in [-0.25, -0.2) is 4.79 Å². The van der Waals surface area contributed by atoms with E-state index in [1.54, 1.807) is 19.1 Å². The van der Waals surface area contributed by atoms with E-state index >= 15 is 0 Å². The molecule has 0 saturated carbocycles. The van der Waals surface area contributed by atoms with Crippen molar-refractivity contribution in [2.24, 2.45) is 0 Å². The van der Waals surface area contributed by atoms with Crippen LogP contribution < -0.4 is 16.4 Å². The van der Waals surface area contributed by atoms with E-state index < -0.39 is 6.04 Å². The number of ether oxygens (including phenoxy) is 1. The van der Waals surface area contributed by atoms with E-state index in [9.17, 15) is 9.59 Å². The topological polar surface area (TPSA) is 93.4 Å². The Kier molecular flexibility index (Phi) is 3.10. The molecule has 1 aliphatic heterocycles. The number of benzene rings is 1. The maximum atomic E-state index is 11.3. The molecule has 18 heavy (non-hydrogen) atoms. The molecule has 0 fully saturated rings. The molecule has 1 amide bonds. The minimum atomic E-state index is -0.507. The standard InChI is InChI=1S/C12H15N3O3/c1-6(12(17)18-2)14-10-5-9-7(3-8(10)13)4-11(16)15-9/h3,5-6,14H,4,13H2,1-2H3,(H,15,16). The maximum absolute atomic E-state index is 11.3. The lowest BCUT2D eigenvalue weighted by Gasteiger charge is -2.15. The van der Waals surface area contributed by atoms with Crippen LogP contribution in [0, 0.1) is 0 Å². The molecule has 4 N–H and O–H groups in total. The minimum Gasteiger partial charge on any atom is -0.467 e. The van der Waals surface area contributed by atoms with Gasteiger partial charge in [0.2, 0.25) is 5.91 Å². The summed E-state index contributed by atoms with van der Waals surface area (Å²) in [5.74, 6) is -0.429. The normalized spacial score (nSPS) is 14.7. The number of anilines is 3. The molecule has 1 heterocycles. The van der Waals surface area contributed by atoms with Crippen LogP contribution in [0.5, 0.6) is 0 Å². The molecule has 1 aromatic carbocycles. The molecule has 6 nitrogen and oxygen atoms in total. The predicted octanol–water partition coefficient (Wildman–Crippen LogP) is 0.737. The van der Waals surface area contributed by atoms with Gasteiger partial charge in [0.15, 0.2) is 0 Å². The van der Waals surface area contributed by atoms with Crippen molar-refractivity contribution in [3.05, 3.63) is 17.7 Å². The molecule has 0 bridgehead atoms. The highest BCUT2D eigenvalue weighted by molar-refractivity contribution is 6.01. The number of amides is 1. The third kappa shape index (κ3) is 2.22. The number of fused-ring (bicyclic) bond motifs is 1. The Morgan fingerprint density at radius 2 is 2.28 bits per heavy atom. The van der Waals surface area contributed by atoms with E-state index in [1.165, 1.54) is 7.11 Å². The third-order valence-corrected chi connectivity index (χ3v) is 2.83. The number of carbonyl (C=O) groups excluding carboxylic acids is 2. The molecule has 1 atom stereocenters. The van der Waals surface area contributed by atoms with Gasteiger partial charge in [-0.1, -0.05) is 0 Å². The monoisotopic (exact) mass is 249 g/mol. The quantitative estimate of drug-likeness (QED) is 0.542. The number of methoxy groups -OCH3 is 1. The van der Waals surface area contributed by atoms with Crippen LogP contribution in [0.3, 0.4) is 0 Å². The summed E-state index contributed by atoms with van der Waals surface area (Å²) in [6, 6.07) is 2.96. The fraction of sp³-hybridized carbons (Fsp3) is 0.333. The van der Waals surface area contributed by atoms with Crippen molar-refractivity contribution in [2.45, 2.75) is 19.4 Å². The summed E-state index contributed by atoms with van der Waals surface area (Å²) in [7, 11) is 1.33.